The average molecular weight is 488 g/mol. The SMILES string of the molecule is CCS(=O)(=O)N1CCC[C@@H](C(=O)NCCOc2ccc(S(=O)(=O)N3CCCCC3)cc2)C1. The number of ether oxygens (including phenoxy) is 1. The zero-order valence-corrected chi connectivity index (χ0v) is 20.2. The maximum absolute atomic E-state index is 12.7. The predicted octanol–water partition coefficient (Wildman–Crippen LogP) is 1.42. The molecule has 0 spiro atoms. The smallest absolute Gasteiger partial charge is 0.243 e. The average Bonchev–Trinajstić information content (AvgIpc) is 2.82. The Hall–Kier alpha value is -1.69. The molecule has 0 aromatic heterocycles. The molecule has 1 aromatic rings. The van der Waals surface area contributed by atoms with Crippen molar-refractivity contribution < 1.29 is 26.4 Å². The Morgan fingerprint density at radius 1 is 1.00 bits per heavy atom. The summed E-state index contributed by atoms with van der Waals surface area (Å²) in [4.78, 5) is 12.7. The van der Waals surface area contributed by atoms with Gasteiger partial charge in [0.05, 0.1) is 23.1 Å². The molecule has 11 heteroatoms. The molecule has 1 atom stereocenters. The summed E-state index contributed by atoms with van der Waals surface area (Å²) in [6.07, 6.45) is 4.17. The highest BCUT2D eigenvalue weighted by molar-refractivity contribution is 7.89. The van der Waals surface area contributed by atoms with Crippen molar-refractivity contribution >= 4 is 26.0 Å². The number of carbonyl (C=O) groups is 1. The molecule has 3 rings (SSSR count). The molecule has 180 valence electrons. The lowest BCUT2D eigenvalue weighted by Crippen LogP contribution is -2.46. The van der Waals surface area contributed by atoms with Gasteiger partial charge in [-0.1, -0.05) is 6.42 Å². The summed E-state index contributed by atoms with van der Waals surface area (Å²) in [5, 5.41) is 2.80. The summed E-state index contributed by atoms with van der Waals surface area (Å²) < 4.78 is 58.0. The fraction of sp³-hybridized carbons (Fsp3) is 0.667. The number of carbonyl (C=O) groups excluding carboxylic acids is 1. The molecular formula is C21H33N3O6S2. The van der Waals surface area contributed by atoms with E-state index in [-0.39, 0.29) is 42.2 Å². The fourth-order valence-electron chi connectivity index (χ4n) is 4.04. The summed E-state index contributed by atoms with van der Waals surface area (Å²) in [5.41, 5.74) is 0. The first-order valence-electron chi connectivity index (χ1n) is 11.2. The Kier molecular flexibility index (Phi) is 8.54. The minimum absolute atomic E-state index is 0.0350. The summed E-state index contributed by atoms with van der Waals surface area (Å²) in [6, 6.07) is 6.33. The molecule has 0 saturated carbocycles. The molecule has 0 unspecified atom stereocenters. The number of sulfonamides is 2. The number of rotatable bonds is 9. The van der Waals surface area contributed by atoms with Crippen LogP contribution < -0.4 is 10.1 Å². The van der Waals surface area contributed by atoms with Gasteiger partial charge in [-0.2, -0.15) is 4.31 Å². The van der Waals surface area contributed by atoms with E-state index in [1.165, 1.54) is 8.61 Å². The molecule has 2 aliphatic heterocycles. The molecule has 2 saturated heterocycles. The zero-order chi connectivity index (χ0) is 23.2. The lowest BCUT2D eigenvalue weighted by Gasteiger charge is -2.30. The number of nitrogens with one attached hydrogen (secondary N) is 1. The number of amides is 1. The van der Waals surface area contributed by atoms with Crippen molar-refractivity contribution in [3.63, 3.8) is 0 Å². The van der Waals surface area contributed by atoms with Crippen LogP contribution in [0.4, 0.5) is 0 Å². The highest BCUT2D eigenvalue weighted by Gasteiger charge is 2.31. The first-order chi connectivity index (χ1) is 15.2. The third-order valence-electron chi connectivity index (χ3n) is 5.96. The quantitative estimate of drug-likeness (QED) is 0.527. The Morgan fingerprint density at radius 3 is 2.31 bits per heavy atom. The molecule has 2 aliphatic rings. The zero-order valence-electron chi connectivity index (χ0n) is 18.5. The van der Waals surface area contributed by atoms with Crippen LogP contribution in [0.25, 0.3) is 0 Å². The number of hydrogen-bond acceptors (Lipinski definition) is 6. The normalized spacial score (nSPS) is 21.2. The standard InChI is InChI=1S/C21H33N3O6S2/c1-2-31(26,27)24-15-6-7-18(17-24)21(25)22-12-16-30-19-8-10-20(11-9-19)32(28,29)23-13-4-3-5-14-23/h8-11,18H,2-7,12-17H2,1H3,(H,22,25)/t18-/m1/s1. The van der Waals surface area contributed by atoms with Gasteiger partial charge in [-0.05, 0) is 56.9 Å². The Labute approximate surface area is 191 Å². The van der Waals surface area contributed by atoms with Crippen molar-refractivity contribution in [2.75, 3.05) is 45.1 Å². The first kappa shape index (κ1) is 24.9. The van der Waals surface area contributed by atoms with E-state index in [0.717, 1.165) is 19.3 Å². The highest BCUT2D eigenvalue weighted by atomic mass is 32.2. The largest absolute Gasteiger partial charge is 0.492 e. The van der Waals surface area contributed by atoms with E-state index in [9.17, 15) is 21.6 Å². The second-order valence-corrected chi connectivity index (χ2v) is 12.4. The third-order valence-corrected chi connectivity index (χ3v) is 9.72. The van der Waals surface area contributed by atoms with E-state index in [2.05, 4.69) is 5.32 Å². The van der Waals surface area contributed by atoms with Crippen LogP contribution in [0.3, 0.4) is 0 Å². The summed E-state index contributed by atoms with van der Waals surface area (Å²) in [7, 11) is -6.76. The molecule has 1 amide bonds. The highest BCUT2D eigenvalue weighted by Crippen LogP contribution is 2.23. The molecule has 9 nitrogen and oxygen atoms in total. The van der Waals surface area contributed by atoms with Gasteiger partial charge in [-0.3, -0.25) is 4.79 Å². The minimum atomic E-state index is -3.47. The number of nitrogens with zero attached hydrogens (tertiary/aromatic N) is 2. The van der Waals surface area contributed by atoms with E-state index in [0.29, 0.717) is 38.2 Å². The van der Waals surface area contributed by atoms with Gasteiger partial charge >= 0.3 is 0 Å². The van der Waals surface area contributed by atoms with Crippen molar-refractivity contribution in [1.29, 1.82) is 0 Å². The van der Waals surface area contributed by atoms with Crippen LogP contribution in [0.1, 0.15) is 39.0 Å². The van der Waals surface area contributed by atoms with Gasteiger partial charge in [0.1, 0.15) is 12.4 Å². The van der Waals surface area contributed by atoms with E-state index in [1.807, 2.05) is 0 Å². The maximum Gasteiger partial charge on any atom is 0.243 e. The molecule has 0 radical (unpaired) electrons. The molecule has 2 heterocycles. The predicted molar refractivity (Wildman–Crippen MR) is 121 cm³/mol. The maximum atomic E-state index is 12.7. The van der Waals surface area contributed by atoms with E-state index in [1.54, 1.807) is 31.2 Å². The Morgan fingerprint density at radius 2 is 1.66 bits per heavy atom. The lowest BCUT2D eigenvalue weighted by molar-refractivity contribution is -0.126. The van der Waals surface area contributed by atoms with Gasteiger partial charge in [0.15, 0.2) is 0 Å². The third kappa shape index (κ3) is 6.21. The number of hydrogen-bond donors (Lipinski definition) is 1. The van der Waals surface area contributed by atoms with Gasteiger partial charge in [0.2, 0.25) is 26.0 Å². The van der Waals surface area contributed by atoms with Crippen LogP contribution in [-0.4, -0.2) is 76.4 Å². The molecule has 2 fully saturated rings. The summed E-state index contributed by atoms with van der Waals surface area (Å²) in [5.74, 6) is 0.0273. The van der Waals surface area contributed by atoms with E-state index < -0.39 is 20.0 Å². The van der Waals surface area contributed by atoms with Gasteiger partial charge in [0.25, 0.3) is 0 Å². The van der Waals surface area contributed by atoms with Crippen molar-refractivity contribution in [3.05, 3.63) is 24.3 Å². The van der Waals surface area contributed by atoms with E-state index in [4.69, 9.17) is 4.74 Å². The molecular weight excluding hydrogens is 454 g/mol. The molecule has 0 aliphatic carbocycles. The lowest BCUT2D eigenvalue weighted by atomic mass is 9.99. The van der Waals surface area contributed by atoms with E-state index >= 15 is 0 Å². The summed E-state index contributed by atoms with van der Waals surface area (Å²) >= 11 is 0. The van der Waals surface area contributed by atoms with Crippen LogP contribution in [0.5, 0.6) is 5.75 Å². The van der Waals surface area contributed by atoms with Gasteiger partial charge < -0.3 is 10.1 Å². The van der Waals surface area contributed by atoms with Gasteiger partial charge in [-0.25, -0.2) is 21.1 Å². The molecule has 1 N–H and O–H groups in total. The van der Waals surface area contributed by atoms with Crippen LogP contribution >= 0.6 is 0 Å². The number of benzene rings is 1. The van der Waals surface area contributed by atoms with Gasteiger partial charge in [-0.15, -0.1) is 0 Å². The Bertz CT molecular complexity index is 973. The molecule has 0 bridgehead atoms. The monoisotopic (exact) mass is 487 g/mol. The second kappa shape index (κ2) is 11.0. The first-order valence-corrected chi connectivity index (χ1v) is 14.3. The van der Waals surface area contributed by atoms with Crippen molar-refractivity contribution in [2.24, 2.45) is 5.92 Å². The Balaban J connectivity index is 1.44. The van der Waals surface area contributed by atoms with Crippen molar-refractivity contribution in [1.82, 2.24) is 13.9 Å². The van der Waals surface area contributed by atoms with Crippen LogP contribution in [0.2, 0.25) is 0 Å². The van der Waals surface area contributed by atoms with Crippen molar-refractivity contribution in [2.45, 2.75) is 43.9 Å². The number of piperidine rings is 2. The second-order valence-electron chi connectivity index (χ2n) is 8.17. The molecule has 32 heavy (non-hydrogen) atoms. The van der Waals surface area contributed by atoms with Crippen LogP contribution in [0.15, 0.2) is 29.2 Å². The van der Waals surface area contributed by atoms with Crippen LogP contribution in [-0.2, 0) is 24.8 Å². The summed E-state index contributed by atoms with van der Waals surface area (Å²) in [6.45, 7) is 3.92. The van der Waals surface area contributed by atoms with Crippen LogP contribution in [0, 0.1) is 5.92 Å². The van der Waals surface area contributed by atoms with Crippen molar-refractivity contribution in [3.8, 4) is 5.75 Å². The van der Waals surface area contributed by atoms with Gasteiger partial charge in [0, 0.05) is 26.2 Å². The molecule has 1 aromatic carbocycles. The fourth-order valence-corrected chi connectivity index (χ4v) is 6.74. The minimum Gasteiger partial charge on any atom is -0.492 e. The topological polar surface area (TPSA) is 113 Å².